The zero-order chi connectivity index (χ0) is 16.3. The summed E-state index contributed by atoms with van der Waals surface area (Å²) in [6.45, 7) is 0.160. The lowest BCUT2D eigenvalue weighted by Crippen LogP contribution is -2.55. The van der Waals surface area contributed by atoms with E-state index < -0.39 is 22.3 Å². The van der Waals surface area contributed by atoms with E-state index in [0.29, 0.717) is 5.56 Å². The molecule has 1 saturated heterocycles. The van der Waals surface area contributed by atoms with Gasteiger partial charge in [0.15, 0.2) is 5.54 Å². The Hall–Kier alpha value is -2.19. The summed E-state index contributed by atoms with van der Waals surface area (Å²) in [6.07, 6.45) is 0.00786. The van der Waals surface area contributed by atoms with Crippen molar-refractivity contribution in [2.24, 2.45) is 0 Å². The first-order chi connectivity index (χ1) is 10.3. The molecule has 1 aromatic carbocycles. The van der Waals surface area contributed by atoms with Gasteiger partial charge in [-0.05, 0) is 5.56 Å². The second kappa shape index (κ2) is 6.29. The van der Waals surface area contributed by atoms with E-state index in [2.05, 4.69) is 5.32 Å². The quantitative estimate of drug-likeness (QED) is 0.618. The molecule has 1 fully saturated rings. The van der Waals surface area contributed by atoms with Gasteiger partial charge in [0, 0.05) is 25.2 Å². The maximum absolute atomic E-state index is 12.0. The van der Waals surface area contributed by atoms with E-state index in [1.165, 1.54) is 12.1 Å². The minimum atomic E-state index is -1.43. The molecular formula is C13H13ClN2O6. The van der Waals surface area contributed by atoms with E-state index >= 15 is 0 Å². The minimum absolute atomic E-state index is 0.0800. The van der Waals surface area contributed by atoms with Gasteiger partial charge >= 0.3 is 5.97 Å². The highest BCUT2D eigenvalue weighted by Crippen LogP contribution is 2.24. The third kappa shape index (κ3) is 3.34. The van der Waals surface area contributed by atoms with Gasteiger partial charge in [0.2, 0.25) is 5.91 Å². The number of carbonyl (C=O) groups excluding carboxylic acids is 1. The fourth-order valence-corrected chi connectivity index (χ4v) is 2.40. The molecule has 0 aromatic heterocycles. The highest BCUT2D eigenvalue weighted by molar-refractivity contribution is 6.31. The van der Waals surface area contributed by atoms with Crippen LogP contribution in [0.5, 0.6) is 0 Å². The van der Waals surface area contributed by atoms with Crippen LogP contribution < -0.4 is 5.32 Å². The van der Waals surface area contributed by atoms with E-state index in [1.807, 2.05) is 0 Å². The molecule has 22 heavy (non-hydrogen) atoms. The van der Waals surface area contributed by atoms with Gasteiger partial charge in [-0.3, -0.25) is 14.9 Å². The van der Waals surface area contributed by atoms with Crippen LogP contribution in [-0.2, 0) is 20.7 Å². The molecule has 9 heteroatoms. The molecule has 1 heterocycles. The molecule has 1 amide bonds. The van der Waals surface area contributed by atoms with E-state index in [4.69, 9.17) is 16.3 Å². The van der Waals surface area contributed by atoms with Crippen LogP contribution in [0.4, 0.5) is 5.69 Å². The predicted octanol–water partition coefficient (Wildman–Crippen LogP) is 1.15. The van der Waals surface area contributed by atoms with Gasteiger partial charge in [-0.15, -0.1) is 0 Å². The number of nitro benzene ring substituents is 1. The highest BCUT2D eigenvalue weighted by Gasteiger charge is 2.43. The number of carbonyl (C=O) groups is 2. The van der Waals surface area contributed by atoms with Gasteiger partial charge in [-0.2, -0.15) is 0 Å². The molecule has 118 valence electrons. The van der Waals surface area contributed by atoms with Crippen molar-refractivity contribution < 1.29 is 24.4 Å². The average molecular weight is 329 g/mol. The molecule has 0 saturated carbocycles. The van der Waals surface area contributed by atoms with Gasteiger partial charge in [-0.1, -0.05) is 17.7 Å². The van der Waals surface area contributed by atoms with Crippen molar-refractivity contribution in [3.8, 4) is 0 Å². The summed E-state index contributed by atoms with van der Waals surface area (Å²) >= 11 is 5.91. The molecule has 2 N–H and O–H groups in total. The number of carboxylic acids is 1. The number of nitro groups is 1. The lowest BCUT2D eigenvalue weighted by molar-refractivity contribution is -0.384. The lowest BCUT2D eigenvalue weighted by atomic mass is 9.98. The van der Waals surface area contributed by atoms with Gasteiger partial charge < -0.3 is 15.2 Å². The standard InChI is InChI=1S/C13H13ClN2O6/c14-10-6-9(16(20)21)2-1-8(10)5-11(17)15-13(12(18)19)3-4-22-7-13/h1-2,6H,3-5,7H2,(H,15,17)(H,18,19). The Morgan fingerprint density at radius 1 is 1.50 bits per heavy atom. The summed E-state index contributed by atoms with van der Waals surface area (Å²) < 4.78 is 5.04. The van der Waals surface area contributed by atoms with Crippen molar-refractivity contribution in [3.05, 3.63) is 38.9 Å². The highest BCUT2D eigenvalue weighted by atomic mass is 35.5. The van der Waals surface area contributed by atoms with Crippen LogP contribution in [0.1, 0.15) is 12.0 Å². The Balaban J connectivity index is 2.09. The number of nitrogens with zero attached hydrogens (tertiary/aromatic N) is 1. The summed E-state index contributed by atoms with van der Waals surface area (Å²) in [5, 5.41) is 22.4. The number of rotatable bonds is 5. The zero-order valence-electron chi connectivity index (χ0n) is 11.4. The van der Waals surface area contributed by atoms with Crippen molar-refractivity contribution in [1.29, 1.82) is 0 Å². The number of halogens is 1. The normalized spacial score (nSPS) is 20.6. The maximum atomic E-state index is 12.0. The van der Waals surface area contributed by atoms with Crippen LogP contribution in [0.2, 0.25) is 5.02 Å². The van der Waals surface area contributed by atoms with Crippen LogP contribution in [-0.4, -0.2) is 40.7 Å². The molecule has 1 aromatic rings. The number of nitrogens with one attached hydrogen (secondary N) is 1. The van der Waals surface area contributed by atoms with Crippen molar-refractivity contribution >= 4 is 29.2 Å². The monoisotopic (exact) mass is 328 g/mol. The largest absolute Gasteiger partial charge is 0.479 e. The number of carboxylic acid groups (broad SMARTS) is 1. The van der Waals surface area contributed by atoms with Crippen LogP contribution in [0.25, 0.3) is 0 Å². The van der Waals surface area contributed by atoms with E-state index in [9.17, 15) is 24.8 Å². The van der Waals surface area contributed by atoms with Gasteiger partial charge in [0.25, 0.3) is 5.69 Å². The molecular weight excluding hydrogens is 316 g/mol. The molecule has 1 aliphatic rings. The number of non-ortho nitro benzene ring substituents is 1. The average Bonchev–Trinajstić information content (AvgIpc) is 2.90. The van der Waals surface area contributed by atoms with Crippen molar-refractivity contribution in [1.82, 2.24) is 5.32 Å². The van der Waals surface area contributed by atoms with Gasteiger partial charge in [0.05, 0.1) is 23.0 Å². The van der Waals surface area contributed by atoms with Crippen LogP contribution in [0, 0.1) is 10.1 Å². The van der Waals surface area contributed by atoms with E-state index in [-0.39, 0.29) is 36.8 Å². The van der Waals surface area contributed by atoms with E-state index in [1.54, 1.807) is 0 Å². The topological polar surface area (TPSA) is 119 Å². The van der Waals surface area contributed by atoms with Crippen molar-refractivity contribution in [2.45, 2.75) is 18.4 Å². The summed E-state index contributed by atoms with van der Waals surface area (Å²) in [5.41, 5.74) is -1.23. The SMILES string of the molecule is O=C(Cc1ccc([N+](=O)[O-])cc1Cl)NC1(C(=O)O)CCOC1. The number of benzene rings is 1. The fourth-order valence-electron chi connectivity index (χ4n) is 2.16. The molecule has 0 aliphatic carbocycles. The number of hydrogen-bond donors (Lipinski definition) is 2. The minimum Gasteiger partial charge on any atom is -0.479 e. The number of ether oxygens (including phenoxy) is 1. The van der Waals surface area contributed by atoms with Gasteiger partial charge in [0.1, 0.15) is 0 Å². The van der Waals surface area contributed by atoms with Crippen LogP contribution in [0.15, 0.2) is 18.2 Å². The predicted molar refractivity (Wildman–Crippen MR) is 75.8 cm³/mol. The van der Waals surface area contributed by atoms with Crippen molar-refractivity contribution in [2.75, 3.05) is 13.2 Å². The number of hydrogen-bond acceptors (Lipinski definition) is 5. The Kier molecular flexibility index (Phi) is 4.62. The van der Waals surface area contributed by atoms with Crippen LogP contribution >= 0.6 is 11.6 Å². The molecule has 8 nitrogen and oxygen atoms in total. The smallest absolute Gasteiger partial charge is 0.331 e. The summed E-state index contributed by atoms with van der Waals surface area (Å²) in [6, 6.07) is 3.76. The van der Waals surface area contributed by atoms with E-state index in [0.717, 1.165) is 6.07 Å². The fraction of sp³-hybridized carbons (Fsp3) is 0.385. The Morgan fingerprint density at radius 2 is 2.23 bits per heavy atom. The molecule has 2 rings (SSSR count). The Labute approximate surface area is 130 Å². The van der Waals surface area contributed by atoms with Crippen molar-refractivity contribution in [3.63, 3.8) is 0 Å². The van der Waals surface area contributed by atoms with Gasteiger partial charge in [-0.25, -0.2) is 4.79 Å². The molecule has 0 radical (unpaired) electrons. The molecule has 1 atom stereocenters. The summed E-state index contributed by atoms with van der Waals surface area (Å²) in [4.78, 5) is 33.4. The third-order valence-electron chi connectivity index (χ3n) is 3.41. The summed E-state index contributed by atoms with van der Waals surface area (Å²) in [5.74, 6) is -1.70. The number of aliphatic carboxylic acids is 1. The molecule has 1 unspecified atom stereocenters. The first-order valence-electron chi connectivity index (χ1n) is 6.39. The summed E-state index contributed by atoms with van der Waals surface area (Å²) in [7, 11) is 0. The molecule has 0 spiro atoms. The molecule has 1 aliphatic heterocycles. The zero-order valence-corrected chi connectivity index (χ0v) is 12.1. The Morgan fingerprint density at radius 3 is 2.73 bits per heavy atom. The van der Waals surface area contributed by atoms with Crippen LogP contribution in [0.3, 0.4) is 0 Å². The lowest BCUT2D eigenvalue weighted by Gasteiger charge is -2.23. The third-order valence-corrected chi connectivity index (χ3v) is 3.76. The Bertz CT molecular complexity index is 627. The maximum Gasteiger partial charge on any atom is 0.331 e. The first kappa shape index (κ1) is 16.2. The number of amides is 1. The second-order valence-electron chi connectivity index (χ2n) is 4.95. The second-order valence-corrected chi connectivity index (χ2v) is 5.35. The molecule has 0 bridgehead atoms. The first-order valence-corrected chi connectivity index (χ1v) is 6.77.